The quantitative estimate of drug-likeness (QED) is 0.696. The monoisotopic (exact) mass is 253 g/mol. The molecule has 0 aliphatic carbocycles. The summed E-state index contributed by atoms with van der Waals surface area (Å²) in [7, 11) is 0. The number of rotatable bonds is 1. The number of imide groups is 1. The first kappa shape index (κ1) is 12.5. The first-order chi connectivity index (χ1) is 8.70. The fourth-order valence-corrected chi connectivity index (χ4v) is 2.03. The second-order valence-corrected chi connectivity index (χ2v) is 4.09. The Balaban J connectivity index is 2.08. The van der Waals surface area contributed by atoms with E-state index in [9.17, 15) is 14.7 Å². The summed E-state index contributed by atoms with van der Waals surface area (Å²) in [5.74, 6) is 0. The number of carboxylic acid groups (broad SMARTS) is 1. The van der Waals surface area contributed by atoms with Gasteiger partial charge in [-0.15, -0.1) is 0 Å². The molecule has 0 saturated carbocycles. The van der Waals surface area contributed by atoms with Crippen molar-refractivity contribution in [2.45, 2.75) is 18.9 Å². The number of aliphatic imine (C=N–C) groups is 2. The van der Waals surface area contributed by atoms with E-state index in [4.69, 9.17) is 0 Å². The fraction of sp³-hybridized carbons (Fsp3) is 0.600. The summed E-state index contributed by atoms with van der Waals surface area (Å²) in [5.41, 5.74) is 0. The molecule has 0 aromatic heterocycles. The molecule has 2 heterocycles. The normalized spacial score (nSPS) is 19.9. The van der Waals surface area contributed by atoms with Crippen molar-refractivity contribution in [3.8, 4) is 0 Å². The van der Waals surface area contributed by atoms with E-state index in [1.807, 2.05) is 0 Å². The van der Waals surface area contributed by atoms with Gasteiger partial charge in [-0.3, -0.25) is 9.89 Å². The van der Waals surface area contributed by atoms with Crippen molar-refractivity contribution < 1.29 is 14.7 Å². The summed E-state index contributed by atoms with van der Waals surface area (Å²) >= 11 is 0. The molecule has 0 spiro atoms. The highest BCUT2D eigenvalue weighted by molar-refractivity contribution is 5.97. The SMILES string of the molecule is O=C(O)N(C(=O)N1C=NC=NC1)C1CCNCC1. The highest BCUT2D eigenvalue weighted by Crippen LogP contribution is 2.14. The van der Waals surface area contributed by atoms with Gasteiger partial charge in [0.2, 0.25) is 0 Å². The molecule has 0 radical (unpaired) electrons. The van der Waals surface area contributed by atoms with Gasteiger partial charge >= 0.3 is 12.1 Å². The average Bonchev–Trinajstić information content (AvgIpc) is 2.40. The number of amides is 3. The zero-order valence-corrected chi connectivity index (χ0v) is 9.82. The van der Waals surface area contributed by atoms with E-state index in [1.54, 1.807) is 0 Å². The van der Waals surface area contributed by atoms with Gasteiger partial charge in [0.25, 0.3) is 0 Å². The minimum atomic E-state index is -1.23. The lowest BCUT2D eigenvalue weighted by atomic mass is 10.1. The molecule has 2 aliphatic heterocycles. The number of urea groups is 1. The molecule has 0 unspecified atom stereocenters. The van der Waals surface area contributed by atoms with Crippen LogP contribution in [0.2, 0.25) is 0 Å². The van der Waals surface area contributed by atoms with Gasteiger partial charge in [-0.1, -0.05) is 0 Å². The van der Waals surface area contributed by atoms with Crippen LogP contribution in [0.3, 0.4) is 0 Å². The van der Waals surface area contributed by atoms with Gasteiger partial charge < -0.3 is 10.4 Å². The van der Waals surface area contributed by atoms with Crippen LogP contribution < -0.4 is 5.32 Å². The van der Waals surface area contributed by atoms with Crippen molar-refractivity contribution in [1.82, 2.24) is 15.1 Å². The first-order valence-corrected chi connectivity index (χ1v) is 5.75. The molecule has 8 nitrogen and oxygen atoms in total. The van der Waals surface area contributed by atoms with Crippen molar-refractivity contribution in [3.05, 3.63) is 0 Å². The predicted molar refractivity (Wildman–Crippen MR) is 64.8 cm³/mol. The highest BCUT2D eigenvalue weighted by Gasteiger charge is 2.33. The molecule has 1 saturated heterocycles. The standard InChI is InChI=1S/C10H15N5O3/c16-9(14-6-12-5-13-7-14)15(10(17)18)8-1-3-11-4-2-8/h5-6,8,11H,1-4,7H2,(H,17,18). The van der Waals surface area contributed by atoms with Crippen molar-refractivity contribution in [3.63, 3.8) is 0 Å². The van der Waals surface area contributed by atoms with Crippen LogP contribution in [0.4, 0.5) is 9.59 Å². The van der Waals surface area contributed by atoms with Crippen LogP contribution in [0.5, 0.6) is 0 Å². The third-order valence-electron chi connectivity index (χ3n) is 2.92. The van der Waals surface area contributed by atoms with E-state index in [-0.39, 0.29) is 12.7 Å². The van der Waals surface area contributed by atoms with Gasteiger partial charge in [-0.25, -0.2) is 19.5 Å². The third kappa shape index (κ3) is 2.65. The van der Waals surface area contributed by atoms with Crippen LogP contribution in [0.1, 0.15) is 12.8 Å². The Morgan fingerprint density at radius 2 is 2.11 bits per heavy atom. The molecule has 0 atom stereocenters. The van der Waals surface area contributed by atoms with Crippen LogP contribution in [0.25, 0.3) is 0 Å². The van der Waals surface area contributed by atoms with Crippen molar-refractivity contribution >= 4 is 24.8 Å². The van der Waals surface area contributed by atoms with Gasteiger partial charge in [0.15, 0.2) is 0 Å². The fourth-order valence-electron chi connectivity index (χ4n) is 2.03. The van der Waals surface area contributed by atoms with Crippen LogP contribution in [-0.2, 0) is 0 Å². The summed E-state index contributed by atoms with van der Waals surface area (Å²) in [4.78, 5) is 33.0. The Labute approximate surface area is 104 Å². The number of nitrogens with zero attached hydrogens (tertiary/aromatic N) is 4. The van der Waals surface area contributed by atoms with E-state index >= 15 is 0 Å². The van der Waals surface area contributed by atoms with E-state index in [1.165, 1.54) is 17.6 Å². The number of hydrogen-bond acceptors (Lipinski definition) is 5. The minimum Gasteiger partial charge on any atom is -0.465 e. The average molecular weight is 253 g/mol. The maximum atomic E-state index is 12.1. The molecule has 0 aromatic carbocycles. The maximum Gasteiger partial charge on any atom is 0.415 e. The molecular weight excluding hydrogens is 238 g/mol. The van der Waals surface area contributed by atoms with Gasteiger partial charge in [-0.2, -0.15) is 0 Å². The number of piperidine rings is 1. The molecular formula is C10H15N5O3. The number of nitrogens with one attached hydrogen (secondary N) is 1. The van der Waals surface area contributed by atoms with Crippen LogP contribution in [-0.4, -0.2) is 65.5 Å². The Morgan fingerprint density at radius 3 is 2.67 bits per heavy atom. The Kier molecular flexibility index (Phi) is 3.88. The first-order valence-electron chi connectivity index (χ1n) is 5.75. The molecule has 0 bridgehead atoms. The number of hydrogen-bond donors (Lipinski definition) is 2. The Hall–Kier alpha value is -1.96. The van der Waals surface area contributed by atoms with Gasteiger partial charge in [0.05, 0.1) is 0 Å². The molecule has 0 aromatic rings. The lowest BCUT2D eigenvalue weighted by molar-refractivity contribution is 0.114. The molecule has 3 amide bonds. The number of carbonyl (C=O) groups is 2. The highest BCUT2D eigenvalue weighted by atomic mass is 16.4. The zero-order chi connectivity index (χ0) is 13.0. The summed E-state index contributed by atoms with van der Waals surface area (Å²) in [5, 5.41) is 12.3. The lowest BCUT2D eigenvalue weighted by Crippen LogP contribution is -2.53. The van der Waals surface area contributed by atoms with Gasteiger partial charge in [0, 0.05) is 6.04 Å². The van der Waals surface area contributed by atoms with Gasteiger partial charge in [-0.05, 0) is 25.9 Å². The van der Waals surface area contributed by atoms with Crippen LogP contribution in [0, 0.1) is 0 Å². The second kappa shape index (κ2) is 5.58. The second-order valence-electron chi connectivity index (χ2n) is 4.09. The van der Waals surface area contributed by atoms with Crippen molar-refractivity contribution in [1.29, 1.82) is 0 Å². The molecule has 1 fully saturated rings. The summed E-state index contributed by atoms with van der Waals surface area (Å²) < 4.78 is 0. The maximum absolute atomic E-state index is 12.1. The zero-order valence-electron chi connectivity index (χ0n) is 9.82. The lowest BCUT2D eigenvalue weighted by Gasteiger charge is -2.33. The van der Waals surface area contributed by atoms with E-state index in [0.29, 0.717) is 25.9 Å². The largest absolute Gasteiger partial charge is 0.465 e. The molecule has 18 heavy (non-hydrogen) atoms. The Morgan fingerprint density at radius 1 is 1.39 bits per heavy atom. The van der Waals surface area contributed by atoms with E-state index in [0.717, 1.165) is 4.90 Å². The van der Waals surface area contributed by atoms with E-state index < -0.39 is 12.1 Å². The third-order valence-corrected chi connectivity index (χ3v) is 2.92. The van der Waals surface area contributed by atoms with Gasteiger partial charge in [0.1, 0.15) is 19.3 Å². The number of carbonyl (C=O) groups excluding carboxylic acids is 1. The summed E-state index contributed by atoms with van der Waals surface area (Å²) in [6.07, 6.45) is 2.67. The molecule has 2 rings (SSSR count). The van der Waals surface area contributed by atoms with Crippen LogP contribution >= 0.6 is 0 Å². The molecule has 2 aliphatic rings. The Bertz CT molecular complexity index is 389. The van der Waals surface area contributed by atoms with E-state index in [2.05, 4.69) is 15.3 Å². The molecule has 98 valence electrons. The van der Waals surface area contributed by atoms with Crippen molar-refractivity contribution in [2.24, 2.45) is 9.98 Å². The smallest absolute Gasteiger partial charge is 0.415 e. The predicted octanol–water partition coefficient (Wildman–Crippen LogP) is 0.168. The topological polar surface area (TPSA) is 97.6 Å². The summed E-state index contributed by atoms with van der Waals surface area (Å²) in [6, 6.07) is -0.870. The molecule has 2 N–H and O–H groups in total. The summed E-state index contributed by atoms with van der Waals surface area (Å²) in [6.45, 7) is 1.54. The van der Waals surface area contributed by atoms with Crippen molar-refractivity contribution in [2.75, 3.05) is 19.8 Å². The van der Waals surface area contributed by atoms with Crippen LogP contribution in [0.15, 0.2) is 9.98 Å². The molecule has 8 heteroatoms. The minimum absolute atomic E-state index is 0.108.